The second-order valence-corrected chi connectivity index (χ2v) is 8.30. The molecule has 2 atom stereocenters. The minimum Gasteiger partial charge on any atom is -0.493 e. The molecule has 0 aromatic heterocycles. The normalized spacial score (nSPS) is 19.3. The second kappa shape index (κ2) is 8.75. The molecule has 0 N–H and O–H groups in total. The van der Waals surface area contributed by atoms with Crippen molar-refractivity contribution in [2.45, 2.75) is 18.5 Å². The van der Waals surface area contributed by atoms with Crippen LogP contribution in [-0.2, 0) is 16.0 Å². The molecule has 0 bridgehead atoms. The molecule has 0 unspecified atom stereocenters. The smallest absolute Gasteiger partial charge is 0.327 e. The van der Waals surface area contributed by atoms with Crippen LogP contribution in [0, 0.1) is 0 Å². The summed E-state index contributed by atoms with van der Waals surface area (Å²) in [5.74, 6) is 1.15. The molecule has 5 rings (SSSR count). The summed E-state index contributed by atoms with van der Waals surface area (Å²) in [6, 6.07) is 22.0. The summed E-state index contributed by atoms with van der Waals surface area (Å²) in [5.41, 5.74) is 6.56. The Labute approximate surface area is 194 Å². The number of carbonyl (C=O) groups excluding carboxylic acids is 1. The van der Waals surface area contributed by atoms with Crippen molar-refractivity contribution in [3.63, 3.8) is 0 Å². The first-order chi connectivity index (χ1) is 16.2. The van der Waals surface area contributed by atoms with E-state index in [0.717, 1.165) is 46.5 Å². The van der Waals surface area contributed by atoms with Gasteiger partial charge in [-0.05, 0) is 51.9 Å². The molecule has 2 aliphatic heterocycles. The molecule has 3 aromatic rings. The number of rotatable bonds is 4. The van der Waals surface area contributed by atoms with Crippen LogP contribution in [0.4, 0.5) is 0 Å². The number of nitrogens with zero attached hydrogens (tertiary/aromatic N) is 1. The Morgan fingerprint density at radius 1 is 0.879 bits per heavy atom. The molecule has 0 saturated carbocycles. The molecule has 0 saturated heterocycles. The molecule has 168 valence electrons. The van der Waals surface area contributed by atoms with Gasteiger partial charge in [-0.25, -0.2) is 4.79 Å². The Kier molecular flexibility index (Phi) is 5.65. The highest BCUT2D eigenvalue weighted by molar-refractivity contribution is 5.87. The lowest BCUT2D eigenvalue weighted by Crippen LogP contribution is -2.41. The summed E-state index contributed by atoms with van der Waals surface area (Å²) >= 11 is 0. The number of methoxy groups -OCH3 is 3. The molecule has 0 amide bonds. The van der Waals surface area contributed by atoms with Gasteiger partial charge in [-0.3, -0.25) is 4.90 Å². The molecule has 5 nitrogen and oxygen atoms in total. The molecule has 0 spiro atoms. The Hall–Kier alpha value is -3.57. The van der Waals surface area contributed by atoms with E-state index in [-0.39, 0.29) is 12.0 Å². The van der Waals surface area contributed by atoms with Crippen molar-refractivity contribution in [2.75, 3.05) is 27.9 Å². The summed E-state index contributed by atoms with van der Waals surface area (Å²) in [5, 5.41) is 0. The first-order valence-electron chi connectivity index (χ1n) is 11.1. The first-order valence-corrected chi connectivity index (χ1v) is 11.1. The average Bonchev–Trinajstić information content (AvgIpc) is 3.02. The van der Waals surface area contributed by atoms with E-state index in [0.29, 0.717) is 5.75 Å². The number of ether oxygens (including phenoxy) is 3. The standard InChI is InChI=1S/C28H27NO4/c1-31-25-15-19-13-14-29-24(23(19)17-26(25)32-2)16-22(18-9-5-4-6-10-18)20-11-7-8-12-21(20)27(29)28(30)33-3/h4-12,15-17,24,27H,13-14H2,1-3H3/t24-,27-/m0/s1. The molecular formula is C28H27NO4. The fraction of sp³-hybridized carbons (Fsp3) is 0.250. The number of hydrogen-bond donors (Lipinski definition) is 0. The molecule has 0 fully saturated rings. The Bertz CT molecular complexity index is 1220. The van der Waals surface area contributed by atoms with Crippen LogP contribution in [0.25, 0.3) is 5.57 Å². The first kappa shape index (κ1) is 21.3. The van der Waals surface area contributed by atoms with E-state index in [1.165, 1.54) is 12.7 Å². The van der Waals surface area contributed by atoms with Crippen LogP contribution in [0.3, 0.4) is 0 Å². The van der Waals surface area contributed by atoms with E-state index >= 15 is 0 Å². The number of esters is 1. The fourth-order valence-corrected chi connectivity index (χ4v) is 5.12. The van der Waals surface area contributed by atoms with Crippen molar-refractivity contribution in [2.24, 2.45) is 0 Å². The van der Waals surface area contributed by atoms with Gasteiger partial charge in [-0.1, -0.05) is 60.7 Å². The van der Waals surface area contributed by atoms with Crippen LogP contribution < -0.4 is 9.47 Å². The van der Waals surface area contributed by atoms with Crippen LogP contribution in [0.5, 0.6) is 11.5 Å². The van der Waals surface area contributed by atoms with Crippen LogP contribution in [0.15, 0.2) is 72.8 Å². The third-order valence-electron chi connectivity index (χ3n) is 6.67. The maximum atomic E-state index is 13.2. The minimum absolute atomic E-state index is 0.125. The zero-order chi connectivity index (χ0) is 22.9. The van der Waals surface area contributed by atoms with Crippen molar-refractivity contribution in [3.05, 3.63) is 101 Å². The topological polar surface area (TPSA) is 48.0 Å². The van der Waals surface area contributed by atoms with E-state index < -0.39 is 6.04 Å². The zero-order valence-corrected chi connectivity index (χ0v) is 19.1. The van der Waals surface area contributed by atoms with Gasteiger partial charge in [-0.15, -0.1) is 0 Å². The van der Waals surface area contributed by atoms with Gasteiger partial charge in [-0.2, -0.15) is 0 Å². The lowest BCUT2D eigenvalue weighted by molar-refractivity contribution is -0.148. The van der Waals surface area contributed by atoms with Gasteiger partial charge in [0.05, 0.1) is 27.4 Å². The second-order valence-electron chi connectivity index (χ2n) is 8.30. The highest BCUT2D eigenvalue weighted by Gasteiger charge is 2.40. The monoisotopic (exact) mass is 441 g/mol. The van der Waals surface area contributed by atoms with Crippen molar-refractivity contribution in [1.29, 1.82) is 0 Å². The minimum atomic E-state index is -0.505. The van der Waals surface area contributed by atoms with Crippen LogP contribution in [0.1, 0.15) is 39.9 Å². The number of benzene rings is 3. The highest BCUT2D eigenvalue weighted by atomic mass is 16.5. The molecule has 0 aliphatic carbocycles. The predicted octanol–water partition coefficient (Wildman–Crippen LogP) is 4.96. The van der Waals surface area contributed by atoms with Gasteiger partial charge in [0.2, 0.25) is 0 Å². The Morgan fingerprint density at radius 2 is 1.58 bits per heavy atom. The quantitative estimate of drug-likeness (QED) is 0.536. The molecule has 0 radical (unpaired) electrons. The van der Waals surface area contributed by atoms with Crippen molar-refractivity contribution in [1.82, 2.24) is 4.90 Å². The van der Waals surface area contributed by atoms with Gasteiger partial charge in [0.1, 0.15) is 6.04 Å². The Balaban J connectivity index is 1.78. The van der Waals surface area contributed by atoms with Crippen molar-refractivity contribution < 1.29 is 19.0 Å². The maximum Gasteiger partial charge on any atom is 0.327 e. The summed E-state index contributed by atoms with van der Waals surface area (Å²) in [4.78, 5) is 15.4. The zero-order valence-electron chi connectivity index (χ0n) is 19.1. The van der Waals surface area contributed by atoms with Gasteiger partial charge < -0.3 is 14.2 Å². The Morgan fingerprint density at radius 3 is 2.30 bits per heavy atom. The SMILES string of the molecule is COC(=O)[C@@H]1c2ccccc2C(c2ccccc2)=C[C@H]2c3cc(OC)c(OC)cc3CCN12. The van der Waals surface area contributed by atoms with E-state index in [2.05, 4.69) is 41.3 Å². The van der Waals surface area contributed by atoms with Crippen molar-refractivity contribution >= 4 is 11.5 Å². The average molecular weight is 442 g/mol. The van der Waals surface area contributed by atoms with E-state index in [1.54, 1.807) is 14.2 Å². The fourth-order valence-electron chi connectivity index (χ4n) is 5.12. The number of carbonyl (C=O) groups is 1. The van der Waals surface area contributed by atoms with Gasteiger partial charge in [0.25, 0.3) is 0 Å². The summed E-state index contributed by atoms with van der Waals surface area (Å²) in [6.07, 6.45) is 3.08. The van der Waals surface area contributed by atoms with Gasteiger partial charge in [0, 0.05) is 6.54 Å². The van der Waals surface area contributed by atoms with Crippen LogP contribution >= 0.6 is 0 Å². The number of fused-ring (bicyclic) bond motifs is 4. The van der Waals surface area contributed by atoms with E-state index in [1.807, 2.05) is 36.4 Å². The van der Waals surface area contributed by atoms with E-state index in [9.17, 15) is 4.79 Å². The lowest BCUT2D eigenvalue weighted by atomic mass is 9.89. The molecule has 2 heterocycles. The third-order valence-corrected chi connectivity index (χ3v) is 6.67. The highest BCUT2D eigenvalue weighted by Crippen LogP contribution is 2.47. The maximum absolute atomic E-state index is 13.2. The lowest BCUT2D eigenvalue weighted by Gasteiger charge is -2.39. The van der Waals surface area contributed by atoms with Gasteiger partial charge >= 0.3 is 5.97 Å². The third kappa shape index (κ3) is 3.58. The van der Waals surface area contributed by atoms with Crippen molar-refractivity contribution in [3.8, 4) is 11.5 Å². The summed E-state index contributed by atoms with van der Waals surface area (Å²) in [7, 11) is 4.76. The molecule has 3 aromatic carbocycles. The van der Waals surface area contributed by atoms with E-state index in [4.69, 9.17) is 14.2 Å². The molecular weight excluding hydrogens is 414 g/mol. The van der Waals surface area contributed by atoms with Crippen LogP contribution in [-0.4, -0.2) is 38.7 Å². The van der Waals surface area contributed by atoms with Crippen LogP contribution in [0.2, 0.25) is 0 Å². The number of hydrogen-bond acceptors (Lipinski definition) is 5. The predicted molar refractivity (Wildman–Crippen MR) is 127 cm³/mol. The molecule has 2 aliphatic rings. The van der Waals surface area contributed by atoms with Gasteiger partial charge in [0.15, 0.2) is 11.5 Å². The molecule has 33 heavy (non-hydrogen) atoms. The largest absolute Gasteiger partial charge is 0.493 e. The molecule has 5 heteroatoms. The summed E-state index contributed by atoms with van der Waals surface area (Å²) in [6.45, 7) is 0.722. The summed E-state index contributed by atoms with van der Waals surface area (Å²) < 4.78 is 16.5.